The molecule has 2 N–H and O–H groups in total. The first-order chi connectivity index (χ1) is 13.5. The molecule has 2 amide bonds. The quantitative estimate of drug-likeness (QED) is 0.776. The van der Waals surface area contributed by atoms with E-state index in [-0.39, 0.29) is 12.1 Å². The second-order valence-electron chi connectivity index (χ2n) is 6.48. The molecule has 1 fully saturated rings. The molecule has 0 saturated carbocycles. The number of carbonyl (C=O) groups is 2. The molecule has 1 heterocycles. The van der Waals surface area contributed by atoms with Gasteiger partial charge in [0.05, 0.1) is 6.54 Å². The van der Waals surface area contributed by atoms with Crippen molar-refractivity contribution < 1.29 is 18.4 Å². The van der Waals surface area contributed by atoms with Gasteiger partial charge in [-0.3, -0.25) is 14.5 Å². The molecule has 1 saturated heterocycles. The number of halogens is 2. The van der Waals surface area contributed by atoms with E-state index >= 15 is 0 Å². The van der Waals surface area contributed by atoms with E-state index in [0.717, 1.165) is 48.8 Å². The smallest absolute Gasteiger partial charge is 0.251 e. The molecular weight excluding hydrogens is 384 g/mol. The molecule has 2 aromatic carbocycles. The number of hydrogen-bond donors (Lipinski definition) is 2. The van der Waals surface area contributed by atoms with Gasteiger partial charge in [-0.25, -0.2) is 8.78 Å². The summed E-state index contributed by atoms with van der Waals surface area (Å²) < 4.78 is 26.4. The SMILES string of the molecule is O=C(CNC(=O)c1cc(F)cc(F)c1)Nc1cccc(CN2CCSCC2)c1. The third-order valence-electron chi connectivity index (χ3n) is 4.25. The van der Waals surface area contributed by atoms with E-state index in [9.17, 15) is 18.4 Å². The highest BCUT2D eigenvalue weighted by Gasteiger charge is 2.13. The van der Waals surface area contributed by atoms with Crippen LogP contribution in [-0.4, -0.2) is 47.9 Å². The van der Waals surface area contributed by atoms with Gasteiger partial charge in [0, 0.05) is 48.5 Å². The van der Waals surface area contributed by atoms with Crippen LogP contribution in [0.4, 0.5) is 14.5 Å². The summed E-state index contributed by atoms with van der Waals surface area (Å²) in [6.07, 6.45) is 0. The van der Waals surface area contributed by atoms with Gasteiger partial charge in [0.15, 0.2) is 0 Å². The fraction of sp³-hybridized carbons (Fsp3) is 0.300. The zero-order valence-electron chi connectivity index (χ0n) is 15.2. The van der Waals surface area contributed by atoms with Gasteiger partial charge in [0.25, 0.3) is 5.91 Å². The number of rotatable bonds is 6. The highest BCUT2D eigenvalue weighted by Crippen LogP contribution is 2.16. The first-order valence-corrected chi connectivity index (χ1v) is 10.1. The molecule has 148 valence electrons. The Morgan fingerprint density at radius 1 is 1.04 bits per heavy atom. The minimum atomic E-state index is -0.848. The highest BCUT2D eigenvalue weighted by atomic mass is 32.2. The van der Waals surface area contributed by atoms with Gasteiger partial charge in [-0.2, -0.15) is 11.8 Å². The van der Waals surface area contributed by atoms with E-state index in [2.05, 4.69) is 15.5 Å². The van der Waals surface area contributed by atoms with Crippen LogP contribution in [0, 0.1) is 11.6 Å². The van der Waals surface area contributed by atoms with Crippen molar-refractivity contribution >= 4 is 29.3 Å². The van der Waals surface area contributed by atoms with Crippen LogP contribution >= 0.6 is 11.8 Å². The fourth-order valence-electron chi connectivity index (χ4n) is 2.92. The average molecular weight is 405 g/mol. The van der Waals surface area contributed by atoms with Crippen molar-refractivity contribution in [1.29, 1.82) is 0 Å². The summed E-state index contributed by atoms with van der Waals surface area (Å²) in [4.78, 5) is 26.4. The Morgan fingerprint density at radius 2 is 1.75 bits per heavy atom. The van der Waals surface area contributed by atoms with Crippen LogP contribution in [0.1, 0.15) is 15.9 Å². The Hall–Kier alpha value is -2.45. The van der Waals surface area contributed by atoms with Gasteiger partial charge < -0.3 is 10.6 Å². The molecule has 8 heteroatoms. The summed E-state index contributed by atoms with van der Waals surface area (Å²) in [5.74, 6) is -0.573. The van der Waals surface area contributed by atoms with Crippen molar-refractivity contribution in [2.75, 3.05) is 36.5 Å². The number of nitrogens with one attached hydrogen (secondary N) is 2. The fourth-order valence-corrected chi connectivity index (χ4v) is 3.90. The molecule has 1 aliphatic rings. The maximum absolute atomic E-state index is 13.2. The van der Waals surface area contributed by atoms with Gasteiger partial charge in [-0.15, -0.1) is 0 Å². The van der Waals surface area contributed by atoms with Crippen LogP contribution in [-0.2, 0) is 11.3 Å². The molecule has 0 bridgehead atoms. The van der Waals surface area contributed by atoms with Crippen LogP contribution in [0.25, 0.3) is 0 Å². The molecule has 1 aliphatic heterocycles. The lowest BCUT2D eigenvalue weighted by Gasteiger charge is -2.26. The minimum absolute atomic E-state index is 0.174. The van der Waals surface area contributed by atoms with Gasteiger partial charge in [0.2, 0.25) is 5.91 Å². The minimum Gasteiger partial charge on any atom is -0.343 e. The summed E-state index contributed by atoms with van der Waals surface area (Å²) in [5.41, 5.74) is 1.57. The van der Waals surface area contributed by atoms with Crippen LogP contribution in [0.2, 0.25) is 0 Å². The molecule has 28 heavy (non-hydrogen) atoms. The zero-order valence-corrected chi connectivity index (χ0v) is 16.0. The Bertz CT molecular complexity index is 837. The number of amides is 2. The van der Waals surface area contributed by atoms with E-state index in [1.165, 1.54) is 0 Å². The number of nitrogens with zero attached hydrogens (tertiary/aromatic N) is 1. The normalized spacial score (nSPS) is 14.5. The first-order valence-electron chi connectivity index (χ1n) is 8.93. The number of benzene rings is 2. The number of carbonyl (C=O) groups excluding carboxylic acids is 2. The molecule has 0 aromatic heterocycles. The predicted molar refractivity (Wildman–Crippen MR) is 106 cm³/mol. The van der Waals surface area contributed by atoms with Crippen LogP contribution in [0.15, 0.2) is 42.5 Å². The van der Waals surface area contributed by atoms with Gasteiger partial charge >= 0.3 is 0 Å². The van der Waals surface area contributed by atoms with Crippen LogP contribution < -0.4 is 10.6 Å². The van der Waals surface area contributed by atoms with Crippen molar-refractivity contribution in [2.45, 2.75) is 6.54 Å². The molecule has 2 aromatic rings. The molecule has 0 aliphatic carbocycles. The lowest BCUT2D eigenvalue weighted by molar-refractivity contribution is -0.115. The molecule has 0 radical (unpaired) electrons. The maximum atomic E-state index is 13.2. The Labute approximate surface area is 166 Å². The summed E-state index contributed by atoms with van der Waals surface area (Å²) in [6.45, 7) is 2.62. The largest absolute Gasteiger partial charge is 0.343 e. The third-order valence-corrected chi connectivity index (χ3v) is 5.20. The lowest BCUT2D eigenvalue weighted by Crippen LogP contribution is -2.33. The first kappa shape index (κ1) is 20.3. The van der Waals surface area contributed by atoms with E-state index in [4.69, 9.17) is 0 Å². The van der Waals surface area contributed by atoms with Crippen LogP contribution in [0.3, 0.4) is 0 Å². The second kappa shape index (κ2) is 9.66. The molecule has 0 atom stereocenters. The topological polar surface area (TPSA) is 61.4 Å². The van der Waals surface area contributed by atoms with Crippen molar-refractivity contribution in [1.82, 2.24) is 10.2 Å². The maximum Gasteiger partial charge on any atom is 0.251 e. The summed E-state index contributed by atoms with van der Waals surface area (Å²) in [7, 11) is 0. The van der Waals surface area contributed by atoms with Gasteiger partial charge in [-0.1, -0.05) is 12.1 Å². The van der Waals surface area contributed by atoms with E-state index < -0.39 is 23.4 Å². The summed E-state index contributed by atoms with van der Waals surface area (Å²) in [6, 6.07) is 10.1. The molecular formula is C20H21F2N3O2S. The Morgan fingerprint density at radius 3 is 2.46 bits per heavy atom. The van der Waals surface area contributed by atoms with E-state index in [1.807, 2.05) is 30.0 Å². The molecule has 0 spiro atoms. The Kier molecular flexibility index (Phi) is 7.00. The van der Waals surface area contributed by atoms with Crippen molar-refractivity contribution in [3.63, 3.8) is 0 Å². The van der Waals surface area contributed by atoms with E-state index in [0.29, 0.717) is 11.8 Å². The highest BCUT2D eigenvalue weighted by molar-refractivity contribution is 7.99. The second-order valence-corrected chi connectivity index (χ2v) is 7.70. The third kappa shape index (κ3) is 6.03. The van der Waals surface area contributed by atoms with Gasteiger partial charge in [-0.05, 0) is 29.8 Å². The number of hydrogen-bond acceptors (Lipinski definition) is 4. The summed E-state index contributed by atoms with van der Waals surface area (Å²) >= 11 is 1.95. The monoisotopic (exact) mass is 405 g/mol. The van der Waals surface area contributed by atoms with E-state index in [1.54, 1.807) is 6.07 Å². The molecule has 0 unspecified atom stereocenters. The number of thioether (sulfide) groups is 1. The number of anilines is 1. The molecule has 5 nitrogen and oxygen atoms in total. The summed E-state index contributed by atoms with van der Waals surface area (Å²) in [5, 5.41) is 5.08. The van der Waals surface area contributed by atoms with Gasteiger partial charge in [0.1, 0.15) is 11.6 Å². The van der Waals surface area contributed by atoms with Crippen molar-refractivity contribution in [3.05, 3.63) is 65.2 Å². The standard InChI is InChI=1S/C20H21F2N3O2S/c21-16-9-15(10-17(22)11-16)20(27)23-12-19(26)24-18-3-1-2-14(8-18)13-25-4-6-28-7-5-25/h1-3,8-11H,4-7,12-13H2,(H,23,27)(H,24,26). The van der Waals surface area contributed by atoms with Crippen molar-refractivity contribution in [2.24, 2.45) is 0 Å². The van der Waals surface area contributed by atoms with Crippen LogP contribution in [0.5, 0.6) is 0 Å². The molecule has 3 rings (SSSR count). The lowest BCUT2D eigenvalue weighted by atomic mass is 10.2. The Balaban J connectivity index is 1.51. The average Bonchev–Trinajstić information content (AvgIpc) is 2.66. The zero-order chi connectivity index (χ0) is 19.9. The van der Waals surface area contributed by atoms with Crippen molar-refractivity contribution in [3.8, 4) is 0 Å². The predicted octanol–water partition coefficient (Wildman–Crippen LogP) is 2.88.